The van der Waals surface area contributed by atoms with E-state index < -0.39 is 5.97 Å². The molecule has 0 spiro atoms. The highest BCUT2D eigenvalue weighted by Crippen LogP contribution is 2.32. The van der Waals surface area contributed by atoms with Gasteiger partial charge in [-0.1, -0.05) is 6.07 Å². The van der Waals surface area contributed by atoms with E-state index in [1.165, 1.54) is 11.8 Å². The smallest absolute Gasteiger partial charge is 0.323 e. The lowest BCUT2D eigenvalue weighted by Crippen LogP contribution is -2.34. The van der Waals surface area contributed by atoms with E-state index in [1.54, 1.807) is 29.9 Å². The molecule has 7 nitrogen and oxygen atoms in total. The van der Waals surface area contributed by atoms with Crippen LogP contribution in [0.5, 0.6) is 0 Å². The number of aryl methyl sites for hydroxylation is 1. The lowest BCUT2D eigenvalue weighted by Gasteiger charge is -2.34. The molecule has 2 N–H and O–H groups in total. The number of anilines is 1. The Bertz CT molecular complexity index is 1180. The van der Waals surface area contributed by atoms with Crippen LogP contribution in [0.4, 0.5) is 5.82 Å². The molecule has 2 heterocycles. The van der Waals surface area contributed by atoms with E-state index in [2.05, 4.69) is 10.3 Å². The number of ether oxygens (including phenoxy) is 1. The quantitative estimate of drug-likeness (QED) is 0.440. The van der Waals surface area contributed by atoms with Gasteiger partial charge in [-0.05, 0) is 55.7 Å². The fraction of sp³-hybridized carbons (Fsp3) is 0.409. The molecule has 30 heavy (non-hydrogen) atoms. The summed E-state index contributed by atoms with van der Waals surface area (Å²) < 4.78 is 6.98. The van der Waals surface area contributed by atoms with Crippen LogP contribution in [0.1, 0.15) is 18.4 Å². The van der Waals surface area contributed by atoms with Gasteiger partial charge in [0.05, 0.1) is 17.0 Å². The van der Waals surface area contributed by atoms with Crippen LogP contribution < -0.4 is 10.7 Å². The molecule has 1 aliphatic carbocycles. The molecular formula is C22H25N3O4S. The first-order chi connectivity index (χ1) is 14.4. The van der Waals surface area contributed by atoms with Crippen molar-refractivity contribution in [3.63, 3.8) is 0 Å². The molecule has 0 radical (unpaired) electrons. The van der Waals surface area contributed by atoms with Crippen LogP contribution in [0.15, 0.2) is 34.0 Å². The topological polar surface area (TPSA) is 93.5 Å². The highest BCUT2D eigenvalue weighted by Gasteiger charge is 2.28. The number of hydrogen-bond acceptors (Lipinski definition) is 6. The molecule has 0 saturated heterocycles. The number of carboxylic acids is 1. The van der Waals surface area contributed by atoms with Gasteiger partial charge in [0.1, 0.15) is 18.0 Å². The maximum atomic E-state index is 13.2. The highest BCUT2D eigenvalue weighted by atomic mass is 32.2. The largest absolute Gasteiger partial charge is 0.480 e. The Morgan fingerprint density at radius 2 is 2.03 bits per heavy atom. The number of nitrogens with one attached hydrogen (secondary N) is 1. The first kappa shape index (κ1) is 20.7. The first-order valence-corrected chi connectivity index (χ1v) is 11.1. The zero-order valence-corrected chi connectivity index (χ0v) is 18.1. The van der Waals surface area contributed by atoms with Crippen LogP contribution in [0.3, 0.4) is 0 Å². The molecule has 0 amide bonds. The molecule has 8 heteroatoms. The van der Waals surface area contributed by atoms with Crippen molar-refractivity contribution in [1.82, 2.24) is 9.55 Å². The third-order valence-electron chi connectivity index (χ3n) is 5.81. The highest BCUT2D eigenvalue weighted by molar-refractivity contribution is 7.98. The average Bonchev–Trinajstić information content (AvgIpc) is 2.69. The van der Waals surface area contributed by atoms with Crippen molar-refractivity contribution >= 4 is 45.5 Å². The average molecular weight is 428 g/mol. The maximum absolute atomic E-state index is 13.2. The first-order valence-electron chi connectivity index (χ1n) is 9.92. The number of hydrogen-bond donors (Lipinski definition) is 2. The van der Waals surface area contributed by atoms with E-state index in [-0.39, 0.29) is 12.0 Å². The number of aliphatic carboxylic acids is 1. The minimum Gasteiger partial charge on any atom is -0.480 e. The van der Waals surface area contributed by atoms with Gasteiger partial charge in [0.15, 0.2) is 5.43 Å². The summed E-state index contributed by atoms with van der Waals surface area (Å²) in [6.07, 6.45) is 4.30. The van der Waals surface area contributed by atoms with Gasteiger partial charge >= 0.3 is 5.97 Å². The molecule has 1 aliphatic rings. The molecule has 0 aliphatic heterocycles. The van der Waals surface area contributed by atoms with Crippen molar-refractivity contribution in [1.29, 1.82) is 0 Å². The van der Waals surface area contributed by atoms with Gasteiger partial charge in [0.25, 0.3) is 0 Å². The van der Waals surface area contributed by atoms with E-state index in [9.17, 15) is 14.7 Å². The summed E-state index contributed by atoms with van der Waals surface area (Å²) in [4.78, 5) is 30.4. The van der Waals surface area contributed by atoms with Gasteiger partial charge in [-0.3, -0.25) is 9.59 Å². The number of rotatable bonds is 7. The molecule has 1 saturated carbocycles. The van der Waals surface area contributed by atoms with Gasteiger partial charge in [0, 0.05) is 23.9 Å². The molecule has 1 fully saturated rings. The van der Waals surface area contributed by atoms with Gasteiger partial charge < -0.3 is 19.7 Å². The van der Waals surface area contributed by atoms with Crippen molar-refractivity contribution in [3.05, 3.63) is 40.1 Å². The number of benzene rings is 1. The number of fused-ring (bicyclic) bond motifs is 2. The standard InChI is InChI=1S/C22H25N3O4S/c1-12-4-5-15-19(21(12)30-3)25(11-18(26)27)22-16(20(15)28)6-7-17(24-22)23-10-13-8-14(9-13)29-2/h4-7,13-14H,8-11H2,1-3H3,(H,23,24)(H,26,27). The van der Waals surface area contributed by atoms with E-state index >= 15 is 0 Å². The molecule has 0 atom stereocenters. The number of thioether (sulfide) groups is 1. The molecule has 2 aromatic heterocycles. The second-order valence-corrected chi connectivity index (χ2v) is 8.58. The SMILES string of the molecule is COC1CC(CNc2ccc3c(=O)c4ccc(C)c(SC)c4n(CC(=O)O)c3n2)C1. The number of carbonyl (C=O) groups is 1. The number of pyridine rings is 2. The Balaban J connectivity index is 1.84. The Labute approximate surface area is 178 Å². The van der Waals surface area contributed by atoms with Crippen LogP contribution in [0.2, 0.25) is 0 Å². The molecule has 0 unspecified atom stereocenters. The molecule has 158 valence electrons. The zero-order valence-electron chi connectivity index (χ0n) is 17.3. The predicted molar refractivity (Wildman–Crippen MR) is 120 cm³/mol. The number of methoxy groups -OCH3 is 1. The van der Waals surface area contributed by atoms with Gasteiger partial charge in [-0.25, -0.2) is 4.98 Å². The van der Waals surface area contributed by atoms with Crippen molar-refractivity contribution in [2.24, 2.45) is 5.92 Å². The fourth-order valence-corrected chi connectivity index (χ4v) is 4.94. The zero-order chi connectivity index (χ0) is 21.4. The summed E-state index contributed by atoms with van der Waals surface area (Å²) in [5.74, 6) is 0.186. The minimum absolute atomic E-state index is 0.127. The monoisotopic (exact) mass is 427 g/mol. The van der Waals surface area contributed by atoms with Crippen LogP contribution in [0.25, 0.3) is 21.9 Å². The second kappa shape index (κ2) is 8.28. The van der Waals surface area contributed by atoms with Crippen LogP contribution >= 0.6 is 11.8 Å². The van der Waals surface area contributed by atoms with Crippen molar-refractivity contribution in [3.8, 4) is 0 Å². The molecule has 3 aromatic rings. The van der Waals surface area contributed by atoms with Gasteiger partial charge in [-0.15, -0.1) is 11.8 Å². The van der Waals surface area contributed by atoms with Crippen molar-refractivity contribution < 1.29 is 14.6 Å². The second-order valence-electron chi connectivity index (χ2n) is 7.76. The third-order valence-corrected chi connectivity index (χ3v) is 6.74. The van der Waals surface area contributed by atoms with E-state index in [0.29, 0.717) is 39.8 Å². The van der Waals surface area contributed by atoms with Crippen molar-refractivity contribution in [2.75, 3.05) is 25.2 Å². The summed E-state index contributed by atoms with van der Waals surface area (Å²) >= 11 is 1.51. The molecule has 1 aromatic carbocycles. The fourth-order valence-electron chi connectivity index (χ4n) is 4.13. The Morgan fingerprint density at radius 1 is 1.30 bits per heavy atom. The summed E-state index contributed by atoms with van der Waals surface area (Å²) in [5.41, 5.74) is 1.90. The maximum Gasteiger partial charge on any atom is 0.323 e. The number of aromatic nitrogens is 2. The van der Waals surface area contributed by atoms with Crippen molar-refractivity contribution in [2.45, 2.75) is 37.3 Å². The van der Waals surface area contributed by atoms with E-state index in [1.807, 2.05) is 19.2 Å². The summed E-state index contributed by atoms with van der Waals surface area (Å²) in [6.45, 7) is 2.46. The number of carboxylic acid groups (broad SMARTS) is 1. The normalized spacial score (nSPS) is 18.5. The summed E-state index contributed by atoms with van der Waals surface area (Å²) in [5, 5.41) is 13.8. The Hall–Kier alpha value is -2.58. The lowest BCUT2D eigenvalue weighted by atomic mass is 9.82. The molecular weight excluding hydrogens is 402 g/mol. The summed E-state index contributed by atoms with van der Waals surface area (Å²) in [7, 11) is 1.73. The minimum atomic E-state index is -0.977. The van der Waals surface area contributed by atoms with E-state index in [4.69, 9.17) is 4.74 Å². The summed E-state index contributed by atoms with van der Waals surface area (Å²) in [6, 6.07) is 7.21. The predicted octanol–water partition coefficient (Wildman–Crippen LogP) is 3.50. The van der Waals surface area contributed by atoms with Gasteiger partial charge in [-0.2, -0.15) is 0 Å². The lowest BCUT2D eigenvalue weighted by molar-refractivity contribution is -0.137. The van der Waals surface area contributed by atoms with Crippen LogP contribution in [-0.2, 0) is 16.1 Å². The third kappa shape index (κ3) is 3.65. The van der Waals surface area contributed by atoms with Crippen LogP contribution in [-0.4, -0.2) is 46.6 Å². The Kier molecular flexibility index (Phi) is 5.71. The number of nitrogens with zero attached hydrogens (tertiary/aromatic N) is 2. The van der Waals surface area contributed by atoms with E-state index in [0.717, 1.165) is 29.8 Å². The van der Waals surface area contributed by atoms with Gasteiger partial charge in [0.2, 0.25) is 0 Å². The molecule has 0 bridgehead atoms. The Morgan fingerprint density at radius 3 is 2.70 bits per heavy atom. The molecule has 4 rings (SSSR count). The van der Waals surface area contributed by atoms with Crippen LogP contribution in [0, 0.1) is 12.8 Å².